The van der Waals surface area contributed by atoms with Gasteiger partial charge >= 0.3 is 0 Å². The number of ether oxygens (including phenoxy) is 1. The molecule has 2 heterocycles. The molecule has 0 saturated carbocycles. The molecule has 2 rings (SSSR count). The predicted octanol–water partition coefficient (Wildman–Crippen LogP) is 1.33. The fourth-order valence-electron chi connectivity index (χ4n) is 2.08. The smallest absolute Gasteiger partial charge is 0.0516 e. The van der Waals surface area contributed by atoms with Gasteiger partial charge in [-0.05, 0) is 18.1 Å². The molecule has 0 bridgehead atoms. The van der Waals surface area contributed by atoms with Crippen molar-refractivity contribution < 1.29 is 4.74 Å². The Hall–Kier alpha value is -0.930. The number of aromatic nitrogens is 1. The van der Waals surface area contributed by atoms with Crippen LogP contribution in [0.2, 0.25) is 0 Å². The molecule has 3 heteroatoms. The lowest BCUT2D eigenvalue weighted by Gasteiger charge is -2.36. The minimum absolute atomic E-state index is 0.0444. The summed E-state index contributed by atoms with van der Waals surface area (Å²) < 4.78 is 5.20. The van der Waals surface area contributed by atoms with Crippen LogP contribution < -0.4 is 5.73 Å². The first-order valence-corrected chi connectivity index (χ1v) is 5.43. The van der Waals surface area contributed by atoms with Crippen molar-refractivity contribution in [1.29, 1.82) is 0 Å². The van der Waals surface area contributed by atoms with E-state index in [-0.39, 0.29) is 5.41 Å². The molecule has 1 aliphatic rings. The molecule has 0 spiro atoms. The minimum Gasteiger partial charge on any atom is -0.381 e. The summed E-state index contributed by atoms with van der Waals surface area (Å²) in [6.45, 7) is 4.64. The lowest BCUT2D eigenvalue weighted by atomic mass is 9.75. The van der Waals surface area contributed by atoms with Gasteiger partial charge in [0.15, 0.2) is 0 Å². The van der Waals surface area contributed by atoms with Gasteiger partial charge in [0.05, 0.1) is 13.2 Å². The maximum atomic E-state index is 5.90. The van der Waals surface area contributed by atoms with E-state index in [1.807, 2.05) is 12.3 Å². The Morgan fingerprint density at radius 2 is 2.40 bits per heavy atom. The second-order valence-corrected chi connectivity index (χ2v) is 4.61. The average Bonchev–Trinajstić information content (AvgIpc) is 2.24. The first kappa shape index (κ1) is 10.6. The second kappa shape index (κ2) is 4.29. The zero-order valence-electron chi connectivity index (χ0n) is 9.15. The Morgan fingerprint density at radius 1 is 1.60 bits per heavy atom. The second-order valence-electron chi connectivity index (χ2n) is 4.61. The summed E-state index contributed by atoms with van der Waals surface area (Å²) in [4.78, 5) is 4.16. The predicted molar refractivity (Wildman–Crippen MR) is 59.6 cm³/mol. The Bertz CT molecular complexity index is 311. The maximum absolute atomic E-state index is 5.90. The Kier molecular flexibility index (Phi) is 3.03. The zero-order valence-corrected chi connectivity index (χ0v) is 9.15. The number of rotatable bonds is 4. The standard InChI is InChI=1S/C12H18N2O/c1-12(9-13,5-10-7-15-8-10)11-3-2-4-14-6-11/h2-4,6,10H,5,7-9,13H2,1H3. The molecule has 1 fully saturated rings. The normalized spacial score (nSPS) is 20.7. The van der Waals surface area contributed by atoms with E-state index in [0.717, 1.165) is 19.6 Å². The van der Waals surface area contributed by atoms with Crippen LogP contribution >= 0.6 is 0 Å². The van der Waals surface area contributed by atoms with Crippen molar-refractivity contribution in [2.24, 2.45) is 11.7 Å². The van der Waals surface area contributed by atoms with Gasteiger partial charge in [-0.15, -0.1) is 0 Å². The fraction of sp³-hybridized carbons (Fsp3) is 0.583. The van der Waals surface area contributed by atoms with Crippen molar-refractivity contribution in [3.63, 3.8) is 0 Å². The minimum atomic E-state index is 0.0444. The number of hydrogen-bond acceptors (Lipinski definition) is 3. The summed E-state index contributed by atoms with van der Waals surface area (Å²) in [5.74, 6) is 0.666. The third-order valence-corrected chi connectivity index (χ3v) is 3.26. The monoisotopic (exact) mass is 206 g/mol. The molecule has 15 heavy (non-hydrogen) atoms. The highest BCUT2D eigenvalue weighted by atomic mass is 16.5. The van der Waals surface area contributed by atoms with Crippen LogP contribution in [0.4, 0.5) is 0 Å². The third kappa shape index (κ3) is 2.19. The van der Waals surface area contributed by atoms with E-state index in [9.17, 15) is 0 Å². The molecule has 0 aliphatic carbocycles. The van der Waals surface area contributed by atoms with E-state index in [1.165, 1.54) is 5.56 Å². The number of pyridine rings is 1. The summed E-state index contributed by atoms with van der Waals surface area (Å²) in [6.07, 6.45) is 4.81. The Labute approximate surface area is 90.7 Å². The van der Waals surface area contributed by atoms with Crippen molar-refractivity contribution in [3.05, 3.63) is 30.1 Å². The molecular weight excluding hydrogens is 188 g/mol. The average molecular weight is 206 g/mol. The summed E-state index contributed by atoms with van der Waals surface area (Å²) in [5.41, 5.74) is 7.18. The third-order valence-electron chi connectivity index (χ3n) is 3.26. The van der Waals surface area contributed by atoms with Gasteiger partial charge in [0, 0.05) is 30.3 Å². The number of hydrogen-bond donors (Lipinski definition) is 1. The molecule has 1 aromatic rings. The zero-order chi connectivity index (χ0) is 10.7. The van der Waals surface area contributed by atoms with Crippen LogP contribution in [0.25, 0.3) is 0 Å². The van der Waals surface area contributed by atoms with Crippen molar-refractivity contribution in [2.45, 2.75) is 18.8 Å². The van der Waals surface area contributed by atoms with Gasteiger partial charge in [-0.3, -0.25) is 4.98 Å². The van der Waals surface area contributed by atoms with Gasteiger partial charge in [0.1, 0.15) is 0 Å². The highest BCUT2D eigenvalue weighted by molar-refractivity contribution is 5.21. The summed E-state index contributed by atoms with van der Waals surface area (Å²) >= 11 is 0. The quantitative estimate of drug-likeness (QED) is 0.808. The van der Waals surface area contributed by atoms with Crippen molar-refractivity contribution in [1.82, 2.24) is 4.98 Å². The van der Waals surface area contributed by atoms with E-state index >= 15 is 0 Å². The molecule has 0 aromatic carbocycles. The molecule has 0 radical (unpaired) electrons. The van der Waals surface area contributed by atoms with E-state index in [2.05, 4.69) is 18.0 Å². The Balaban J connectivity index is 2.12. The molecule has 3 nitrogen and oxygen atoms in total. The SMILES string of the molecule is CC(CN)(CC1COC1)c1cccnc1. The van der Waals surface area contributed by atoms with Crippen molar-refractivity contribution >= 4 is 0 Å². The number of nitrogens with zero attached hydrogens (tertiary/aromatic N) is 1. The van der Waals surface area contributed by atoms with Crippen molar-refractivity contribution in [2.75, 3.05) is 19.8 Å². The summed E-state index contributed by atoms with van der Waals surface area (Å²) in [7, 11) is 0. The van der Waals surface area contributed by atoms with E-state index in [1.54, 1.807) is 6.20 Å². The molecule has 1 atom stereocenters. The van der Waals surface area contributed by atoms with Crippen LogP contribution in [0.3, 0.4) is 0 Å². The lowest BCUT2D eigenvalue weighted by molar-refractivity contribution is -0.0441. The van der Waals surface area contributed by atoms with Crippen LogP contribution in [0.5, 0.6) is 0 Å². The first-order valence-electron chi connectivity index (χ1n) is 5.43. The van der Waals surface area contributed by atoms with Crippen molar-refractivity contribution in [3.8, 4) is 0 Å². The maximum Gasteiger partial charge on any atom is 0.0516 e. The molecule has 1 aliphatic heterocycles. The summed E-state index contributed by atoms with van der Waals surface area (Å²) in [5, 5.41) is 0. The van der Waals surface area contributed by atoms with Crippen LogP contribution in [-0.4, -0.2) is 24.7 Å². The van der Waals surface area contributed by atoms with Crippen LogP contribution in [-0.2, 0) is 10.2 Å². The molecular formula is C12H18N2O. The first-order chi connectivity index (χ1) is 7.24. The van der Waals surface area contributed by atoms with Crippen LogP contribution in [0.15, 0.2) is 24.5 Å². The van der Waals surface area contributed by atoms with Gasteiger partial charge in [-0.1, -0.05) is 13.0 Å². The molecule has 1 saturated heterocycles. The van der Waals surface area contributed by atoms with Gasteiger partial charge in [-0.2, -0.15) is 0 Å². The Morgan fingerprint density at radius 3 is 2.87 bits per heavy atom. The lowest BCUT2D eigenvalue weighted by Crippen LogP contribution is -2.39. The molecule has 2 N–H and O–H groups in total. The molecule has 82 valence electrons. The van der Waals surface area contributed by atoms with Gasteiger partial charge in [0.2, 0.25) is 0 Å². The van der Waals surface area contributed by atoms with E-state index in [4.69, 9.17) is 10.5 Å². The highest BCUT2D eigenvalue weighted by Crippen LogP contribution is 2.32. The molecule has 1 unspecified atom stereocenters. The topological polar surface area (TPSA) is 48.1 Å². The van der Waals surface area contributed by atoms with Gasteiger partial charge in [-0.25, -0.2) is 0 Å². The molecule has 1 aromatic heterocycles. The van der Waals surface area contributed by atoms with Crippen LogP contribution in [0.1, 0.15) is 18.9 Å². The fourth-order valence-corrected chi connectivity index (χ4v) is 2.08. The van der Waals surface area contributed by atoms with Gasteiger partial charge in [0.25, 0.3) is 0 Å². The van der Waals surface area contributed by atoms with Crippen LogP contribution in [0, 0.1) is 5.92 Å². The largest absolute Gasteiger partial charge is 0.381 e. The van der Waals surface area contributed by atoms with E-state index in [0.29, 0.717) is 12.5 Å². The number of nitrogens with two attached hydrogens (primary N) is 1. The molecule has 0 amide bonds. The summed E-state index contributed by atoms with van der Waals surface area (Å²) in [6, 6.07) is 4.08. The van der Waals surface area contributed by atoms with E-state index < -0.39 is 0 Å². The highest BCUT2D eigenvalue weighted by Gasteiger charge is 2.32. The van der Waals surface area contributed by atoms with Gasteiger partial charge < -0.3 is 10.5 Å².